The van der Waals surface area contributed by atoms with Crippen LogP contribution < -0.4 is 14.5 Å². The lowest BCUT2D eigenvalue weighted by Crippen LogP contribution is -2.49. The molecule has 10 nitrogen and oxygen atoms in total. The van der Waals surface area contributed by atoms with Crippen molar-refractivity contribution in [2.24, 2.45) is 0 Å². The van der Waals surface area contributed by atoms with E-state index in [1.165, 1.54) is 5.56 Å². The first-order valence-electron chi connectivity index (χ1n) is 13.8. The molecule has 1 aromatic carbocycles. The smallest absolute Gasteiger partial charge is 0.318 e. The summed E-state index contributed by atoms with van der Waals surface area (Å²) in [4.78, 5) is 30.5. The number of hydrogen-bond donors (Lipinski definition) is 1. The van der Waals surface area contributed by atoms with Crippen molar-refractivity contribution in [2.75, 3.05) is 82.0 Å². The Kier molecular flexibility index (Phi) is 8.18. The van der Waals surface area contributed by atoms with Crippen molar-refractivity contribution in [3.63, 3.8) is 0 Å². The number of rotatable bonds is 7. The summed E-state index contributed by atoms with van der Waals surface area (Å²) in [6.45, 7) is 15.1. The molecule has 0 aliphatic carbocycles. The molecule has 0 spiro atoms. The van der Waals surface area contributed by atoms with E-state index >= 15 is 0 Å². The molecular formula is C28H40N6O4. The van der Waals surface area contributed by atoms with E-state index in [0.717, 1.165) is 93.7 Å². The number of aryl methyl sites for hydroxylation is 1. The van der Waals surface area contributed by atoms with Crippen LogP contribution in [0.3, 0.4) is 0 Å². The average molecular weight is 525 g/mol. The monoisotopic (exact) mass is 524 g/mol. The van der Waals surface area contributed by atoms with E-state index in [4.69, 9.17) is 19.4 Å². The highest BCUT2D eigenvalue weighted by atomic mass is 16.5. The highest BCUT2D eigenvalue weighted by Crippen LogP contribution is 2.34. The first-order chi connectivity index (χ1) is 18.4. The first kappa shape index (κ1) is 26.5. The molecule has 0 saturated carbocycles. The van der Waals surface area contributed by atoms with Crippen LogP contribution in [0.2, 0.25) is 0 Å². The molecule has 0 radical (unpaired) electrons. The molecule has 3 aliphatic rings. The molecule has 2 fully saturated rings. The van der Waals surface area contributed by atoms with Gasteiger partial charge in [0.15, 0.2) is 0 Å². The second-order valence-electron chi connectivity index (χ2n) is 10.5. The van der Waals surface area contributed by atoms with Crippen molar-refractivity contribution in [1.82, 2.24) is 19.8 Å². The van der Waals surface area contributed by atoms with E-state index in [0.29, 0.717) is 32.3 Å². The van der Waals surface area contributed by atoms with Crippen LogP contribution in [0.5, 0.6) is 11.8 Å². The SMILES string of the molecule is CC(=O)N1CCN(c2nc(OCCCN3CCOCC3)nc3c2CCN(c2cc(O)cc(C)c2C)C3)CC1. The Hall–Kier alpha value is -3.11. The zero-order chi connectivity index (χ0) is 26.6. The third kappa shape index (κ3) is 5.96. The van der Waals surface area contributed by atoms with Crippen LogP contribution in [0.1, 0.15) is 35.7 Å². The Labute approximate surface area is 225 Å². The molecule has 10 heteroatoms. The van der Waals surface area contributed by atoms with Crippen LogP contribution in [0.4, 0.5) is 11.5 Å². The van der Waals surface area contributed by atoms with Gasteiger partial charge in [-0.1, -0.05) is 0 Å². The summed E-state index contributed by atoms with van der Waals surface area (Å²) in [6.07, 6.45) is 1.71. The number of carbonyl (C=O) groups excluding carboxylic acids is 1. The van der Waals surface area contributed by atoms with Gasteiger partial charge in [0.05, 0.1) is 32.1 Å². The van der Waals surface area contributed by atoms with Crippen LogP contribution in [-0.2, 0) is 22.5 Å². The van der Waals surface area contributed by atoms with Gasteiger partial charge in [0.1, 0.15) is 11.6 Å². The Balaban J connectivity index is 1.35. The number of amides is 1. The van der Waals surface area contributed by atoms with Gasteiger partial charge in [-0.2, -0.15) is 9.97 Å². The summed E-state index contributed by atoms with van der Waals surface area (Å²) in [7, 11) is 0. The number of piperazine rings is 1. The highest BCUT2D eigenvalue weighted by Gasteiger charge is 2.29. The van der Waals surface area contributed by atoms with Crippen molar-refractivity contribution in [2.45, 2.75) is 40.2 Å². The van der Waals surface area contributed by atoms with Crippen molar-refractivity contribution in [1.29, 1.82) is 0 Å². The Bertz CT molecular complexity index is 1140. The number of ether oxygens (including phenoxy) is 2. The van der Waals surface area contributed by atoms with E-state index in [-0.39, 0.29) is 11.7 Å². The topological polar surface area (TPSA) is 94.5 Å². The van der Waals surface area contributed by atoms with Crippen LogP contribution in [0.25, 0.3) is 0 Å². The standard InChI is InChI=1S/C28H40N6O4/c1-20-17-23(36)18-26(21(20)2)34-7-5-24-25(19-34)29-28(38-14-4-6-31-12-15-37-16-13-31)30-27(24)33-10-8-32(9-11-33)22(3)35/h17-18,36H,4-16,19H2,1-3H3. The molecule has 1 N–H and O–H groups in total. The molecular weight excluding hydrogens is 484 g/mol. The van der Waals surface area contributed by atoms with Gasteiger partial charge < -0.3 is 29.3 Å². The summed E-state index contributed by atoms with van der Waals surface area (Å²) in [5.41, 5.74) is 5.41. The summed E-state index contributed by atoms with van der Waals surface area (Å²) >= 11 is 0. The van der Waals surface area contributed by atoms with Crippen molar-refractivity contribution in [3.8, 4) is 11.8 Å². The average Bonchev–Trinajstić information content (AvgIpc) is 2.93. The fraction of sp³-hybridized carbons (Fsp3) is 0.607. The number of nitrogens with zero attached hydrogens (tertiary/aromatic N) is 6. The number of anilines is 2. The van der Waals surface area contributed by atoms with E-state index in [2.05, 4.69) is 21.6 Å². The summed E-state index contributed by atoms with van der Waals surface area (Å²) in [5.74, 6) is 1.33. The highest BCUT2D eigenvalue weighted by molar-refractivity contribution is 5.73. The van der Waals surface area contributed by atoms with E-state index < -0.39 is 0 Å². The van der Waals surface area contributed by atoms with Gasteiger partial charge in [-0.3, -0.25) is 9.69 Å². The van der Waals surface area contributed by atoms with E-state index in [9.17, 15) is 9.90 Å². The van der Waals surface area contributed by atoms with Gasteiger partial charge in [-0.15, -0.1) is 0 Å². The summed E-state index contributed by atoms with van der Waals surface area (Å²) in [5, 5.41) is 10.3. The number of benzene rings is 1. The molecule has 0 atom stereocenters. The van der Waals surface area contributed by atoms with Gasteiger partial charge in [0.25, 0.3) is 0 Å². The molecule has 2 aromatic rings. The molecule has 4 heterocycles. The minimum Gasteiger partial charge on any atom is -0.508 e. The maximum absolute atomic E-state index is 11.9. The lowest BCUT2D eigenvalue weighted by atomic mass is 10.0. The number of aromatic hydroxyl groups is 1. The van der Waals surface area contributed by atoms with Crippen LogP contribution in [-0.4, -0.2) is 103 Å². The van der Waals surface area contributed by atoms with Crippen molar-refractivity contribution >= 4 is 17.4 Å². The van der Waals surface area contributed by atoms with E-state index in [1.54, 1.807) is 13.0 Å². The summed E-state index contributed by atoms with van der Waals surface area (Å²) < 4.78 is 11.6. The third-order valence-corrected chi connectivity index (χ3v) is 7.97. The molecule has 38 heavy (non-hydrogen) atoms. The van der Waals surface area contributed by atoms with E-state index in [1.807, 2.05) is 17.9 Å². The predicted molar refractivity (Wildman–Crippen MR) is 146 cm³/mol. The zero-order valence-corrected chi connectivity index (χ0v) is 22.9. The number of phenolic OH excluding ortho intramolecular Hbond substituents is 1. The van der Waals surface area contributed by atoms with Gasteiger partial charge in [0.2, 0.25) is 5.91 Å². The molecule has 206 valence electrons. The molecule has 1 amide bonds. The first-order valence-corrected chi connectivity index (χ1v) is 13.8. The lowest BCUT2D eigenvalue weighted by Gasteiger charge is -2.38. The lowest BCUT2D eigenvalue weighted by molar-refractivity contribution is -0.129. The molecule has 0 bridgehead atoms. The minimum absolute atomic E-state index is 0.117. The molecule has 5 rings (SSSR count). The fourth-order valence-corrected chi connectivity index (χ4v) is 5.58. The number of hydrogen-bond acceptors (Lipinski definition) is 9. The summed E-state index contributed by atoms with van der Waals surface area (Å²) in [6, 6.07) is 4.07. The molecule has 1 aromatic heterocycles. The largest absolute Gasteiger partial charge is 0.508 e. The molecule has 2 saturated heterocycles. The van der Waals surface area contributed by atoms with Gasteiger partial charge in [-0.25, -0.2) is 0 Å². The predicted octanol–water partition coefficient (Wildman–Crippen LogP) is 2.13. The zero-order valence-electron chi connectivity index (χ0n) is 22.9. The van der Waals surface area contributed by atoms with Crippen molar-refractivity contribution < 1.29 is 19.4 Å². The number of carbonyl (C=O) groups is 1. The number of morpholine rings is 1. The third-order valence-electron chi connectivity index (χ3n) is 7.97. The maximum atomic E-state index is 11.9. The number of aromatic nitrogens is 2. The second kappa shape index (κ2) is 11.7. The van der Waals surface area contributed by atoms with Gasteiger partial charge in [0, 0.05) is 76.6 Å². The second-order valence-corrected chi connectivity index (χ2v) is 10.5. The van der Waals surface area contributed by atoms with Crippen LogP contribution in [0.15, 0.2) is 12.1 Å². The van der Waals surface area contributed by atoms with Crippen molar-refractivity contribution in [3.05, 3.63) is 34.5 Å². The molecule has 3 aliphatic heterocycles. The van der Waals surface area contributed by atoms with Crippen LogP contribution in [0, 0.1) is 13.8 Å². The quantitative estimate of drug-likeness (QED) is 0.547. The normalized spacial score (nSPS) is 18.4. The van der Waals surface area contributed by atoms with Crippen LogP contribution >= 0.6 is 0 Å². The van der Waals surface area contributed by atoms with Gasteiger partial charge in [-0.05, 0) is 43.9 Å². The number of fused-ring (bicyclic) bond motifs is 1. The molecule has 0 unspecified atom stereocenters. The number of phenols is 1. The maximum Gasteiger partial charge on any atom is 0.318 e. The Morgan fingerprint density at radius 3 is 2.53 bits per heavy atom. The Morgan fingerprint density at radius 1 is 1.03 bits per heavy atom. The Morgan fingerprint density at radius 2 is 1.79 bits per heavy atom. The fourth-order valence-electron chi connectivity index (χ4n) is 5.58. The van der Waals surface area contributed by atoms with Gasteiger partial charge >= 0.3 is 6.01 Å². The minimum atomic E-state index is 0.117.